The molecule has 0 spiro atoms. The predicted octanol–water partition coefficient (Wildman–Crippen LogP) is 3.52. The van der Waals surface area contributed by atoms with Crippen molar-refractivity contribution in [1.82, 2.24) is 15.2 Å². The molecule has 25 heavy (non-hydrogen) atoms. The molecule has 8 heteroatoms. The minimum absolute atomic E-state index is 0.0304. The van der Waals surface area contributed by atoms with Gasteiger partial charge < -0.3 is 10.2 Å². The SMILES string of the molecule is O=C(Nc1nccs1)[C@H]1CCCN(c2ccc(-c3cccs3)nn2)C1. The van der Waals surface area contributed by atoms with Crippen molar-refractivity contribution < 1.29 is 4.79 Å². The molecule has 0 bridgehead atoms. The number of nitrogens with zero attached hydrogens (tertiary/aromatic N) is 4. The van der Waals surface area contributed by atoms with Gasteiger partial charge in [0.2, 0.25) is 5.91 Å². The molecule has 1 saturated heterocycles. The molecular weight excluding hydrogens is 354 g/mol. The number of thiazole rings is 1. The summed E-state index contributed by atoms with van der Waals surface area (Å²) in [6.07, 6.45) is 3.54. The van der Waals surface area contributed by atoms with Crippen LogP contribution < -0.4 is 10.2 Å². The van der Waals surface area contributed by atoms with Gasteiger partial charge >= 0.3 is 0 Å². The van der Waals surface area contributed by atoms with Crippen molar-refractivity contribution in [2.75, 3.05) is 23.3 Å². The number of carbonyl (C=O) groups is 1. The first-order chi connectivity index (χ1) is 12.3. The van der Waals surface area contributed by atoms with E-state index in [-0.39, 0.29) is 11.8 Å². The third-order valence-electron chi connectivity index (χ3n) is 4.20. The highest BCUT2D eigenvalue weighted by Gasteiger charge is 2.27. The van der Waals surface area contributed by atoms with Gasteiger partial charge in [-0.2, -0.15) is 0 Å². The van der Waals surface area contributed by atoms with Crippen molar-refractivity contribution >= 4 is 39.5 Å². The Hall–Kier alpha value is -2.32. The Morgan fingerprint density at radius 2 is 2.16 bits per heavy atom. The van der Waals surface area contributed by atoms with E-state index in [0.29, 0.717) is 11.7 Å². The van der Waals surface area contributed by atoms with Crippen LogP contribution in [0.15, 0.2) is 41.2 Å². The molecule has 0 radical (unpaired) electrons. The lowest BCUT2D eigenvalue weighted by Crippen LogP contribution is -2.41. The van der Waals surface area contributed by atoms with Crippen molar-refractivity contribution in [3.05, 3.63) is 41.2 Å². The van der Waals surface area contributed by atoms with Crippen molar-refractivity contribution in [3.8, 4) is 10.6 Å². The van der Waals surface area contributed by atoms with E-state index in [0.717, 1.165) is 35.8 Å². The van der Waals surface area contributed by atoms with Crippen LogP contribution in [0.5, 0.6) is 0 Å². The number of carbonyl (C=O) groups excluding carboxylic acids is 1. The van der Waals surface area contributed by atoms with Gasteiger partial charge in [-0.05, 0) is 36.4 Å². The fraction of sp³-hybridized carbons (Fsp3) is 0.294. The number of rotatable bonds is 4. The van der Waals surface area contributed by atoms with Gasteiger partial charge in [0, 0.05) is 24.7 Å². The van der Waals surface area contributed by atoms with Crippen LogP contribution in [-0.4, -0.2) is 34.2 Å². The molecule has 4 heterocycles. The standard InChI is InChI=1S/C17H17N5OS2/c23-16(19-17-18-7-10-25-17)12-3-1-8-22(11-12)15-6-5-13(20-21-15)14-4-2-9-24-14/h2,4-7,9-10,12H,1,3,8,11H2,(H,18,19,23)/t12-/m0/s1. The maximum absolute atomic E-state index is 12.4. The van der Waals surface area contributed by atoms with E-state index in [4.69, 9.17) is 0 Å². The van der Waals surface area contributed by atoms with Gasteiger partial charge in [-0.3, -0.25) is 4.79 Å². The van der Waals surface area contributed by atoms with Crippen LogP contribution in [0, 0.1) is 5.92 Å². The summed E-state index contributed by atoms with van der Waals surface area (Å²) in [5.41, 5.74) is 0.883. The lowest BCUT2D eigenvalue weighted by Gasteiger charge is -2.32. The minimum atomic E-state index is -0.0589. The van der Waals surface area contributed by atoms with Gasteiger partial charge in [-0.15, -0.1) is 32.9 Å². The molecule has 1 aliphatic rings. The highest BCUT2D eigenvalue weighted by atomic mass is 32.1. The Morgan fingerprint density at radius 3 is 2.88 bits per heavy atom. The molecule has 1 N–H and O–H groups in total. The third-order valence-corrected chi connectivity index (χ3v) is 5.78. The van der Waals surface area contributed by atoms with Crippen LogP contribution in [-0.2, 0) is 4.79 Å². The summed E-state index contributed by atoms with van der Waals surface area (Å²) in [7, 11) is 0. The van der Waals surface area contributed by atoms with E-state index in [2.05, 4.69) is 25.4 Å². The Morgan fingerprint density at radius 1 is 1.20 bits per heavy atom. The van der Waals surface area contributed by atoms with Crippen LogP contribution >= 0.6 is 22.7 Å². The fourth-order valence-electron chi connectivity index (χ4n) is 2.94. The first-order valence-corrected chi connectivity index (χ1v) is 9.88. The molecule has 1 atom stereocenters. The van der Waals surface area contributed by atoms with Crippen LogP contribution in [0.2, 0.25) is 0 Å². The van der Waals surface area contributed by atoms with Crippen molar-refractivity contribution in [2.45, 2.75) is 12.8 Å². The van der Waals surface area contributed by atoms with Gasteiger partial charge in [0.15, 0.2) is 10.9 Å². The molecule has 0 aliphatic carbocycles. The zero-order chi connectivity index (χ0) is 17.1. The average molecular weight is 371 g/mol. The normalized spacial score (nSPS) is 17.4. The van der Waals surface area contributed by atoms with Gasteiger partial charge in [0.1, 0.15) is 5.69 Å². The van der Waals surface area contributed by atoms with Crippen LogP contribution in [0.1, 0.15) is 12.8 Å². The fourth-order valence-corrected chi connectivity index (χ4v) is 4.16. The Kier molecular flexibility index (Phi) is 4.71. The molecule has 1 amide bonds. The number of hydrogen-bond acceptors (Lipinski definition) is 7. The number of hydrogen-bond donors (Lipinski definition) is 1. The van der Waals surface area contributed by atoms with E-state index in [1.54, 1.807) is 17.5 Å². The lowest BCUT2D eigenvalue weighted by molar-refractivity contribution is -0.120. The zero-order valence-corrected chi connectivity index (χ0v) is 15.1. The molecule has 4 rings (SSSR count). The molecule has 1 aliphatic heterocycles. The summed E-state index contributed by atoms with van der Waals surface area (Å²) < 4.78 is 0. The smallest absolute Gasteiger partial charge is 0.231 e. The molecule has 0 saturated carbocycles. The number of piperidine rings is 1. The highest BCUT2D eigenvalue weighted by molar-refractivity contribution is 7.14. The molecule has 6 nitrogen and oxygen atoms in total. The van der Waals surface area contributed by atoms with Crippen LogP contribution in [0.4, 0.5) is 10.9 Å². The van der Waals surface area contributed by atoms with Gasteiger partial charge in [0.05, 0.1) is 10.8 Å². The number of aromatic nitrogens is 3. The van der Waals surface area contributed by atoms with Crippen molar-refractivity contribution in [2.24, 2.45) is 5.92 Å². The highest BCUT2D eigenvalue weighted by Crippen LogP contribution is 2.26. The van der Waals surface area contributed by atoms with E-state index in [1.807, 2.05) is 35.0 Å². The summed E-state index contributed by atoms with van der Waals surface area (Å²) in [6, 6.07) is 8.02. The summed E-state index contributed by atoms with van der Waals surface area (Å²) in [5.74, 6) is 0.797. The van der Waals surface area contributed by atoms with Gasteiger partial charge in [-0.1, -0.05) is 6.07 Å². The van der Waals surface area contributed by atoms with Gasteiger partial charge in [-0.25, -0.2) is 4.98 Å². The summed E-state index contributed by atoms with van der Waals surface area (Å²) in [5, 5.41) is 16.1. The molecule has 3 aromatic heterocycles. The summed E-state index contributed by atoms with van der Waals surface area (Å²) >= 11 is 3.08. The van der Waals surface area contributed by atoms with Crippen LogP contribution in [0.3, 0.4) is 0 Å². The molecule has 3 aromatic rings. The average Bonchev–Trinajstić information content (AvgIpc) is 3.36. The third kappa shape index (κ3) is 3.69. The molecule has 0 unspecified atom stereocenters. The first kappa shape index (κ1) is 16.2. The lowest BCUT2D eigenvalue weighted by atomic mass is 9.97. The maximum atomic E-state index is 12.4. The topological polar surface area (TPSA) is 71.0 Å². The molecule has 1 fully saturated rings. The van der Waals surface area contributed by atoms with Crippen molar-refractivity contribution in [3.63, 3.8) is 0 Å². The second-order valence-corrected chi connectivity index (χ2v) is 7.71. The minimum Gasteiger partial charge on any atom is -0.354 e. The molecular formula is C17H17N5OS2. The molecule has 0 aromatic carbocycles. The zero-order valence-electron chi connectivity index (χ0n) is 13.5. The van der Waals surface area contributed by atoms with Gasteiger partial charge in [0.25, 0.3) is 0 Å². The van der Waals surface area contributed by atoms with E-state index < -0.39 is 0 Å². The largest absolute Gasteiger partial charge is 0.354 e. The Balaban J connectivity index is 1.43. The summed E-state index contributed by atoms with van der Waals surface area (Å²) in [4.78, 5) is 19.8. The monoisotopic (exact) mass is 371 g/mol. The second kappa shape index (κ2) is 7.28. The number of nitrogens with one attached hydrogen (secondary N) is 1. The number of thiophene rings is 1. The van der Waals surface area contributed by atoms with Crippen molar-refractivity contribution in [1.29, 1.82) is 0 Å². The van der Waals surface area contributed by atoms with E-state index in [9.17, 15) is 4.79 Å². The Bertz CT molecular complexity index is 817. The number of amides is 1. The van der Waals surface area contributed by atoms with E-state index in [1.165, 1.54) is 11.3 Å². The Labute approximate surface area is 153 Å². The van der Waals surface area contributed by atoms with E-state index >= 15 is 0 Å². The van der Waals surface area contributed by atoms with Crippen LogP contribution in [0.25, 0.3) is 10.6 Å². The number of anilines is 2. The summed E-state index contributed by atoms with van der Waals surface area (Å²) in [6.45, 7) is 1.55. The first-order valence-electron chi connectivity index (χ1n) is 8.12. The second-order valence-electron chi connectivity index (χ2n) is 5.87. The quantitative estimate of drug-likeness (QED) is 0.760. The molecule has 128 valence electrons. The maximum Gasteiger partial charge on any atom is 0.231 e. The predicted molar refractivity (Wildman–Crippen MR) is 101 cm³/mol.